The minimum atomic E-state index is -0.709. The lowest BCUT2D eigenvalue weighted by atomic mass is 10.1. The molecular weight excluding hydrogens is 265 g/mol. The average Bonchev–Trinajstić information content (AvgIpc) is 2.48. The van der Waals surface area contributed by atoms with Gasteiger partial charge in [0.25, 0.3) is 0 Å². The molecule has 20 heavy (non-hydrogen) atoms. The maximum Gasteiger partial charge on any atom is 0.415 e. The largest absolute Gasteiger partial charge is 0.460 e. The quantitative estimate of drug-likeness (QED) is 0.686. The highest BCUT2D eigenvalue weighted by atomic mass is 19.1. The zero-order chi connectivity index (χ0) is 14.9. The van der Waals surface area contributed by atoms with Crippen LogP contribution in [0.4, 0.5) is 14.9 Å². The summed E-state index contributed by atoms with van der Waals surface area (Å²) in [6.45, 7) is 5.19. The summed E-state index contributed by atoms with van der Waals surface area (Å²) in [6, 6.07) is 4.01. The van der Waals surface area contributed by atoms with Crippen LogP contribution in [0.2, 0.25) is 0 Å². The van der Waals surface area contributed by atoms with Gasteiger partial charge < -0.3 is 9.47 Å². The number of halogens is 1. The van der Waals surface area contributed by atoms with Crippen LogP contribution in [0.5, 0.6) is 0 Å². The summed E-state index contributed by atoms with van der Waals surface area (Å²) in [5.41, 5.74) is -0.780. The van der Waals surface area contributed by atoms with Crippen molar-refractivity contribution in [3.05, 3.63) is 29.6 Å². The van der Waals surface area contributed by atoms with Crippen molar-refractivity contribution < 1.29 is 23.5 Å². The summed E-state index contributed by atoms with van der Waals surface area (Å²) < 4.78 is 24.2. The number of ether oxygens (including phenoxy) is 2. The van der Waals surface area contributed by atoms with Crippen molar-refractivity contribution >= 4 is 17.7 Å². The molecule has 0 N–H and O–H groups in total. The number of fused-ring (bicyclic) bond motifs is 1. The Morgan fingerprint density at radius 1 is 1.40 bits per heavy atom. The van der Waals surface area contributed by atoms with Crippen molar-refractivity contribution in [1.29, 1.82) is 0 Å². The van der Waals surface area contributed by atoms with E-state index in [0.717, 1.165) is 4.90 Å². The van der Waals surface area contributed by atoms with Gasteiger partial charge in [0.05, 0.1) is 17.8 Å². The zero-order valence-electron chi connectivity index (χ0n) is 11.6. The summed E-state index contributed by atoms with van der Waals surface area (Å²) in [5, 5.41) is 0. The average molecular weight is 281 g/mol. The smallest absolute Gasteiger partial charge is 0.415 e. The van der Waals surface area contributed by atoms with Gasteiger partial charge in [0, 0.05) is 0 Å². The molecular formula is C14H16FNO4. The monoisotopic (exact) mass is 281 g/mol. The Kier molecular flexibility index (Phi) is 3.65. The summed E-state index contributed by atoms with van der Waals surface area (Å²) in [5.74, 6) is -1.31. The fourth-order valence-corrected chi connectivity index (χ4v) is 1.87. The molecule has 0 spiro atoms. The summed E-state index contributed by atoms with van der Waals surface area (Å²) in [7, 11) is 0. The van der Waals surface area contributed by atoms with Gasteiger partial charge in [-0.25, -0.2) is 14.0 Å². The zero-order valence-corrected chi connectivity index (χ0v) is 11.6. The second-order valence-electron chi connectivity index (χ2n) is 5.40. The van der Waals surface area contributed by atoms with Crippen molar-refractivity contribution in [2.45, 2.75) is 26.4 Å². The summed E-state index contributed by atoms with van der Waals surface area (Å²) in [6.07, 6.45) is -0.706. The number of benzene rings is 1. The van der Waals surface area contributed by atoms with Crippen molar-refractivity contribution in [3.63, 3.8) is 0 Å². The minimum Gasteiger partial charge on any atom is -0.460 e. The second kappa shape index (κ2) is 5.11. The molecule has 2 rings (SSSR count). The Hall–Kier alpha value is -2.11. The number of anilines is 1. The number of cyclic esters (lactones) is 1. The standard InChI is InChI=1S/C14H16FNO4/c1-14(2,3)20-13(18)16-7-8-19-12(17)9-5-4-6-10(15)11(9)16/h4-6H,7-8H2,1-3H3. The molecule has 108 valence electrons. The van der Waals surface area contributed by atoms with Gasteiger partial charge in [-0.3, -0.25) is 4.90 Å². The van der Waals surface area contributed by atoms with E-state index in [-0.39, 0.29) is 24.4 Å². The van der Waals surface area contributed by atoms with Gasteiger partial charge >= 0.3 is 12.1 Å². The van der Waals surface area contributed by atoms with Gasteiger partial charge in [-0.15, -0.1) is 0 Å². The SMILES string of the molecule is CC(C)(C)OC(=O)N1CCOC(=O)c2cccc(F)c21. The van der Waals surface area contributed by atoms with Crippen LogP contribution in [0.25, 0.3) is 0 Å². The molecule has 1 aromatic carbocycles. The Morgan fingerprint density at radius 3 is 2.75 bits per heavy atom. The normalized spacial score (nSPS) is 15.2. The molecule has 5 nitrogen and oxygen atoms in total. The number of carbonyl (C=O) groups excluding carboxylic acids is 2. The van der Waals surface area contributed by atoms with E-state index >= 15 is 0 Å². The molecule has 0 radical (unpaired) electrons. The van der Waals surface area contributed by atoms with Gasteiger partial charge in [0.15, 0.2) is 0 Å². The molecule has 0 aliphatic carbocycles. The predicted molar refractivity (Wildman–Crippen MR) is 70.3 cm³/mol. The van der Waals surface area contributed by atoms with Crippen LogP contribution in [0.1, 0.15) is 31.1 Å². The van der Waals surface area contributed by atoms with E-state index in [1.807, 2.05) is 0 Å². The van der Waals surface area contributed by atoms with Crippen molar-refractivity contribution in [3.8, 4) is 0 Å². The molecule has 0 saturated heterocycles. The predicted octanol–water partition coefficient (Wildman–Crippen LogP) is 2.74. The van der Waals surface area contributed by atoms with E-state index in [9.17, 15) is 14.0 Å². The highest BCUT2D eigenvalue weighted by Crippen LogP contribution is 2.28. The van der Waals surface area contributed by atoms with Crippen LogP contribution in [0.15, 0.2) is 18.2 Å². The lowest BCUT2D eigenvalue weighted by Gasteiger charge is -2.26. The number of hydrogen-bond acceptors (Lipinski definition) is 4. The molecule has 1 aliphatic heterocycles. The van der Waals surface area contributed by atoms with Gasteiger partial charge in [0.1, 0.15) is 18.0 Å². The number of hydrogen-bond donors (Lipinski definition) is 0. The maximum atomic E-state index is 14.0. The topological polar surface area (TPSA) is 55.8 Å². The molecule has 0 atom stereocenters. The minimum absolute atomic E-state index is 0.00774. The van der Waals surface area contributed by atoms with Crippen molar-refractivity contribution in [2.24, 2.45) is 0 Å². The van der Waals surface area contributed by atoms with Gasteiger partial charge in [-0.1, -0.05) is 6.07 Å². The first kappa shape index (κ1) is 14.3. The number of nitrogens with zero attached hydrogens (tertiary/aromatic N) is 1. The van der Waals surface area contributed by atoms with Crippen LogP contribution in [-0.2, 0) is 9.47 Å². The molecule has 0 aromatic heterocycles. The van der Waals surface area contributed by atoms with Crippen LogP contribution < -0.4 is 4.90 Å². The molecule has 6 heteroatoms. The van der Waals surface area contributed by atoms with Crippen molar-refractivity contribution in [1.82, 2.24) is 0 Å². The summed E-state index contributed by atoms with van der Waals surface area (Å²) >= 11 is 0. The molecule has 0 fully saturated rings. The third-order valence-corrected chi connectivity index (χ3v) is 2.64. The number of carbonyl (C=O) groups is 2. The van der Waals surface area contributed by atoms with E-state index in [2.05, 4.69) is 0 Å². The Balaban J connectivity index is 2.43. The third-order valence-electron chi connectivity index (χ3n) is 2.64. The highest BCUT2D eigenvalue weighted by Gasteiger charge is 2.31. The fourth-order valence-electron chi connectivity index (χ4n) is 1.87. The first-order valence-corrected chi connectivity index (χ1v) is 6.26. The van der Waals surface area contributed by atoms with E-state index in [0.29, 0.717) is 0 Å². The molecule has 0 saturated carbocycles. The first-order chi connectivity index (χ1) is 9.29. The fraction of sp³-hybridized carbons (Fsp3) is 0.429. The molecule has 1 heterocycles. The van der Waals surface area contributed by atoms with Crippen LogP contribution >= 0.6 is 0 Å². The summed E-state index contributed by atoms with van der Waals surface area (Å²) in [4.78, 5) is 25.0. The number of esters is 1. The van der Waals surface area contributed by atoms with Crippen LogP contribution in [-0.4, -0.2) is 30.8 Å². The number of rotatable bonds is 0. The van der Waals surface area contributed by atoms with Crippen LogP contribution in [0, 0.1) is 5.82 Å². The molecule has 1 aliphatic rings. The molecule has 1 amide bonds. The van der Waals surface area contributed by atoms with E-state index in [4.69, 9.17) is 9.47 Å². The van der Waals surface area contributed by atoms with E-state index in [1.165, 1.54) is 18.2 Å². The molecule has 0 bridgehead atoms. The Labute approximate surface area is 116 Å². The Bertz CT molecular complexity index is 551. The van der Waals surface area contributed by atoms with Crippen molar-refractivity contribution in [2.75, 3.05) is 18.1 Å². The first-order valence-electron chi connectivity index (χ1n) is 6.26. The van der Waals surface area contributed by atoms with Gasteiger partial charge in [-0.05, 0) is 32.9 Å². The number of para-hydroxylation sites is 1. The van der Waals surface area contributed by atoms with E-state index < -0.39 is 23.5 Å². The van der Waals surface area contributed by atoms with Gasteiger partial charge in [0.2, 0.25) is 0 Å². The Morgan fingerprint density at radius 2 is 2.10 bits per heavy atom. The lowest BCUT2D eigenvalue weighted by molar-refractivity contribution is 0.0493. The highest BCUT2D eigenvalue weighted by molar-refractivity contribution is 6.01. The van der Waals surface area contributed by atoms with E-state index in [1.54, 1.807) is 20.8 Å². The van der Waals surface area contributed by atoms with Gasteiger partial charge in [-0.2, -0.15) is 0 Å². The number of amides is 1. The maximum absolute atomic E-state index is 14.0. The molecule has 1 aromatic rings. The lowest BCUT2D eigenvalue weighted by Crippen LogP contribution is -2.38. The third kappa shape index (κ3) is 2.89. The second-order valence-corrected chi connectivity index (χ2v) is 5.40. The van der Waals surface area contributed by atoms with Crippen LogP contribution in [0.3, 0.4) is 0 Å². The molecule has 0 unspecified atom stereocenters.